The minimum absolute atomic E-state index is 0.613. The van der Waals surface area contributed by atoms with Gasteiger partial charge >= 0.3 is 0 Å². The molecular formula is C19H33O. The summed E-state index contributed by atoms with van der Waals surface area (Å²) >= 11 is 0. The molecule has 1 radical (unpaired) electrons. The molecule has 0 unspecified atom stereocenters. The molecule has 0 aliphatic rings. The summed E-state index contributed by atoms with van der Waals surface area (Å²) < 4.78 is 0. The van der Waals surface area contributed by atoms with Crippen molar-refractivity contribution >= 4 is 6.29 Å². The number of hydrogen-bond donors (Lipinski definition) is 0. The molecule has 0 saturated heterocycles. The normalized spacial score (nSPS) is 11.1. The van der Waals surface area contributed by atoms with Gasteiger partial charge in [0.25, 0.3) is 0 Å². The van der Waals surface area contributed by atoms with Gasteiger partial charge < -0.3 is 0 Å². The number of unbranched alkanes of at least 4 members (excludes halogenated alkanes) is 8. The molecule has 115 valence electrons. The Bertz CT molecular complexity index is 252. The molecule has 0 N–H and O–H groups in total. The predicted octanol–water partition coefficient (Wildman–Crippen LogP) is 6.30. The molecule has 1 heteroatoms. The third kappa shape index (κ3) is 15.2. The number of allylic oxidation sites excluding steroid dienone is 3. The number of hydrogen-bond acceptors (Lipinski definition) is 1. The van der Waals surface area contributed by atoms with Crippen molar-refractivity contribution in [3.63, 3.8) is 0 Å². The van der Waals surface area contributed by atoms with Crippen molar-refractivity contribution in [1.82, 2.24) is 0 Å². The average molecular weight is 277 g/mol. The Kier molecular flexibility index (Phi) is 15.5. The van der Waals surface area contributed by atoms with E-state index in [4.69, 9.17) is 0 Å². The molecule has 0 atom stereocenters. The highest BCUT2D eigenvalue weighted by Crippen LogP contribution is 2.13. The highest BCUT2D eigenvalue weighted by atomic mass is 16.1. The Morgan fingerprint density at radius 3 is 2.35 bits per heavy atom. The fourth-order valence-corrected chi connectivity index (χ4v) is 2.26. The molecule has 0 aromatic carbocycles. The molecule has 0 amide bonds. The third-order valence-electron chi connectivity index (χ3n) is 3.61. The van der Waals surface area contributed by atoms with E-state index in [0.29, 0.717) is 6.42 Å². The van der Waals surface area contributed by atoms with E-state index in [-0.39, 0.29) is 0 Å². The summed E-state index contributed by atoms with van der Waals surface area (Å²) in [5.41, 5.74) is 1.41. The summed E-state index contributed by atoms with van der Waals surface area (Å²) in [6.07, 6.45) is 21.8. The lowest BCUT2D eigenvalue weighted by Gasteiger charge is -2.02. The van der Waals surface area contributed by atoms with Crippen molar-refractivity contribution in [1.29, 1.82) is 0 Å². The van der Waals surface area contributed by atoms with Crippen LogP contribution >= 0.6 is 0 Å². The molecule has 0 aromatic heterocycles. The second-order valence-corrected chi connectivity index (χ2v) is 5.67. The minimum Gasteiger partial charge on any atom is -0.291 e. The fourth-order valence-electron chi connectivity index (χ4n) is 2.26. The van der Waals surface area contributed by atoms with Gasteiger partial charge in [-0.3, -0.25) is 4.79 Å². The van der Waals surface area contributed by atoms with Crippen LogP contribution in [0.4, 0.5) is 0 Å². The van der Waals surface area contributed by atoms with E-state index in [0.717, 1.165) is 19.3 Å². The van der Waals surface area contributed by atoms with E-state index in [1.54, 1.807) is 0 Å². The Balaban J connectivity index is 3.23. The number of carbonyl (C=O) groups excluding carboxylic acids is 1. The lowest BCUT2D eigenvalue weighted by Crippen LogP contribution is -1.82. The predicted molar refractivity (Wildman–Crippen MR) is 89.7 cm³/mol. The Hall–Kier alpha value is -0.850. The van der Waals surface area contributed by atoms with E-state index in [2.05, 4.69) is 25.7 Å². The minimum atomic E-state index is 0.613. The first-order valence-electron chi connectivity index (χ1n) is 8.48. The van der Waals surface area contributed by atoms with Crippen molar-refractivity contribution in [2.24, 2.45) is 0 Å². The van der Waals surface area contributed by atoms with Gasteiger partial charge in [-0.15, -0.1) is 0 Å². The van der Waals surface area contributed by atoms with Crippen LogP contribution in [-0.4, -0.2) is 6.29 Å². The second kappa shape index (κ2) is 16.2. The van der Waals surface area contributed by atoms with Crippen LogP contribution < -0.4 is 0 Å². The van der Waals surface area contributed by atoms with Crippen LogP contribution in [-0.2, 0) is 4.79 Å². The van der Waals surface area contributed by atoms with Crippen molar-refractivity contribution in [3.8, 4) is 0 Å². The maximum absolute atomic E-state index is 10.0. The van der Waals surface area contributed by atoms with Crippen LogP contribution in [0.3, 0.4) is 0 Å². The van der Waals surface area contributed by atoms with Crippen molar-refractivity contribution < 1.29 is 4.79 Å². The monoisotopic (exact) mass is 277 g/mol. The van der Waals surface area contributed by atoms with E-state index in [9.17, 15) is 4.79 Å². The van der Waals surface area contributed by atoms with Gasteiger partial charge in [0.1, 0.15) is 0 Å². The molecule has 0 aliphatic carbocycles. The zero-order valence-corrected chi connectivity index (χ0v) is 13.5. The van der Waals surface area contributed by atoms with Crippen LogP contribution in [0, 0.1) is 0 Å². The molecule has 0 saturated carbocycles. The lowest BCUT2D eigenvalue weighted by atomic mass is 10.0. The lowest BCUT2D eigenvalue weighted by molar-refractivity contribution is 0.542. The van der Waals surface area contributed by atoms with Crippen LogP contribution in [0.5, 0.6) is 0 Å². The van der Waals surface area contributed by atoms with Gasteiger partial charge in [0.15, 0.2) is 6.29 Å². The fraction of sp³-hybridized carbons (Fsp3) is 0.737. The van der Waals surface area contributed by atoms with Gasteiger partial charge in [0, 0.05) is 6.42 Å². The average Bonchev–Trinajstić information content (AvgIpc) is 2.45. The standard InChI is InChI=1S/C19H33O/c1-3-4-13-16-19(2)17-14-11-9-7-5-6-8-10-12-15-18-20/h9,11H,2-8,10,12-17H2,1H3/b11-9-. The molecule has 20 heavy (non-hydrogen) atoms. The highest BCUT2D eigenvalue weighted by Gasteiger charge is 1.93. The molecule has 0 aliphatic heterocycles. The molecule has 0 fully saturated rings. The van der Waals surface area contributed by atoms with Gasteiger partial charge in [-0.1, -0.05) is 63.3 Å². The Morgan fingerprint density at radius 1 is 0.900 bits per heavy atom. The SMILES string of the molecule is C=C(CC/C=C\CCCCCCC[C]=O)CCCCC. The molecule has 1 nitrogen and oxygen atoms in total. The summed E-state index contributed by atoms with van der Waals surface area (Å²) in [4.78, 5) is 10.0. The first kappa shape index (κ1) is 19.1. The van der Waals surface area contributed by atoms with Gasteiger partial charge in [-0.25, -0.2) is 0 Å². The molecule has 0 rings (SSSR count). The largest absolute Gasteiger partial charge is 0.291 e. The maximum Gasteiger partial charge on any atom is 0.198 e. The first-order chi connectivity index (χ1) is 9.81. The van der Waals surface area contributed by atoms with Crippen LogP contribution in [0.2, 0.25) is 0 Å². The zero-order chi connectivity index (χ0) is 14.9. The van der Waals surface area contributed by atoms with Gasteiger partial charge in [-0.05, 0) is 44.9 Å². The van der Waals surface area contributed by atoms with E-state index >= 15 is 0 Å². The molecule has 0 spiro atoms. The molecule has 0 bridgehead atoms. The first-order valence-corrected chi connectivity index (χ1v) is 8.48. The summed E-state index contributed by atoms with van der Waals surface area (Å²) in [6, 6.07) is 0. The summed E-state index contributed by atoms with van der Waals surface area (Å²) in [6.45, 7) is 6.39. The van der Waals surface area contributed by atoms with Gasteiger partial charge in [0.05, 0.1) is 0 Å². The van der Waals surface area contributed by atoms with Gasteiger partial charge in [0.2, 0.25) is 0 Å². The van der Waals surface area contributed by atoms with E-state index in [1.807, 2.05) is 6.29 Å². The zero-order valence-electron chi connectivity index (χ0n) is 13.5. The summed E-state index contributed by atoms with van der Waals surface area (Å²) in [5, 5.41) is 0. The highest BCUT2D eigenvalue weighted by molar-refractivity contribution is 5.50. The van der Waals surface area contributed by atoms with Gasteiger partial charge in [-0.2, -0.15) is 0 Å². The van der Waals surface area contributed by atoms with E-state index < -0.39 is 0 Å². The second-order valence-electron chi connectivity index (χ2n) is 5.67. The Labute approximate surface area is 126 Å². The van der Waals surface area contributed by atoms with Crippen molar-refractivity contribution in [3.05, 3.63) is 24.3 Å². The van der Waals surface area contributed by atoms with Crippen LogP contribution in [0.15, 0.2) is 24.3 Å². The van der Waals surface area contributed by atoms with Crippen LogP contribution in [0.25, 0.3) is 0 Å². The quantitative estimate of drug-likeness (QED) is 0.253. The molecule has 0 heterocycles. The third-order valence-corrected chi connectivity index (χ3v) is 3.61. The Morgan fingerprint density at radius 2 is 1.60 bits per heavy atom. The topological polar surface area (TPSA) is 17.1 Å². The van der Waals surface area contributed by atoms with E-state index in [1.165, 1.54) is 63.4 Å². The van der Waals surface area contributed by atoms with Crippen molar-refractivity contribution in [2.45, 2.75) is 90.4 Å². The summed E-state index contributed by atoms with van der Waals surface area (Å²) in [5.74, 6) is 0. The summed E-state index contributed by atoms with van der Waals surface area (Å²) in [7, 11) is 0. The smallest absolute Gasteiger partial charge is 0.198 e. The van der Waals surface area contributed by atoms with Crippen LogP contribution in [0.1, 0.15) is 90.4 Å². The maximum atomic E-state index is 10.0. The van der Waals surface area contributed by atoms with Crippen molar-refractivity contribution in [2.75, 3.05) is 0 Å². The molecule has 0 aromatic rings. The molecular weight excluding hydrogens is 244 g/mol. The number of rotatable bonds is 15.